The van der Waals surface area contributed by atoms with E-state index in [4.69, 9.17) is 4.74 Å². The highest BCUT2D eigenvalue weighted by Crippen LogP contribution is 2.27. The van der Waals surface area contributed by atoms with Gasteiger partial charge >= 0.3 is 0 Å². The second-order valence-corrected chi connectivity index (χ2v) is 7.43. The van der Waals surface area contributed by atoms with E-state index in [9.17, 15) is 8.42 Å². The van der Waals surface area contributed by atoms with Gasteiger partial charge in [0.25, 0.3) is 0 Å². The fraction of sp³-hybridized carbons (Fsp3) is 0.250. The molecule has 118 valence electrons. The Hall–Kier alpha value is -1.37. The SMILES string of the molecule is COc1ccc(Br)cc1S(=O)(=O)NCCCc1ccccc1. The summed E-state index contributed by atoms with van der Waals surface area (Å²) in [6.45, 7) is 0.382. The van der Waals surface area contributed by atoms with E-state index in [1.165, 1.54) is 12.7 Å². The molecular formula is C16H18BrNO3S. The molecule has 0 bridgehead atoms. The van der Waals surface area contributed by atoms with Crippen molar-refractivity contribution in [1.82, 2.24) is 4.72 Å². The number of aryl methyl sites for hydroxylation is 1. The third-order valence-electron chi connectivity index (χ3n) is 3.19. The molecule has 0 atom stereocenters. The first kappa shape index (κ1) is 17.0. The summed E-state index contributed by atoms with van der Waals surface area (Å²) in [5.41, 5.74) is 1.20. The Kier molecular flexibility index (Phi) is 5.99. The highest BCUT2D eigenvalue weighted by molar-refractivity contribution is 9.10. The van der Waals surface area contributed by atoms with Crippen LogP contribution in [0.3, 0.4) is 0 Å². The topological polar surface area (TPSA) is 55.4 Å². The highest BCUT2D eigenvalue weighted by Gasteiger charge is 2.19. The zero-order valence-electron chi connectivity index (χ0n) is 12.3. The third-order valence-corrected chi connectivity index (χ3v) is 5.17. The first-order valence-corrected chi connectivity index (χ1v) is 9.17. The van der Waals surface area contributed by atoms with Gasteiger partial charge in [-0.15, -0.1) is 0 Å². The van der Waals surface area contributed by atoms with Crippen molar-refractivity contribution in [3.63, 3.8) is 0 Å². The monoisotopic (exact) mass is 383 g/mol. The average Bonchev–Trinajstić information content (AvgIpc) is 2.52. The van der Waals surface area contributed by atoms with Crippen LogP contribution < -0.4 is 9.46 Å². The minimum Gasteiger partial charge on any atom is -0.495 e. The van der Waals surface area contributed by atoms with Crippen LogP contribution in [0.15, 0.2) is 57.9 Å². The first-order chi connectivity index (χ1) is 10.5. The molecule has 6 heteroatoms. The van der Waals surface area contributed by atoms with Gasteiger partial charge in [-0.1, -0.05) is 46.3 Å². The summed E-state index contributed by atoms with van der Waals surface area (Å²) in [6.07, 6.45) is 1.57. The van der Waals surface area contributed by atoms with Crippen LogP contribution in [-0.2, 0) is 16.4 Å². The Morgan fingerprint density at radius 3 is 2.55 bits per heavy atom. The van der Waals surface area contributed by atoms with E-state index in [1.807, 2.05) is 30.3 Å². The molecule has 0 aromatic heterocycles. The van der Waals surface area contributed by atoms with E-state index in [0.717, 1.165) is 12.8 Å². The van der Waals surface area contributed by atoms with Crippen LogP contribution >= 0.6 is 15.9 Å². The molecule has 0 spiro atoms. The molecule has 0 saturated heterocycles. The molecule has 2 aromatic rings. The van der Waals surface area contributed by atoms with Crippen molar-refractivity contribution < 1.29 is 13.2 Å². The number of methoxy groups -OCH3 is 1. The summed E-state index contributed by atoms with van der Waals surface area (Å²) in [6, 6.07) is 14.9. The van der Waals surface area contributed by atoms with Crippen LogP contribution in [0.2, 0.25) is 0 Å². The Labute approximate surface area is 139 Å². The van der Waals surface area contributed by atoms with E-state index >= 15 is 0 Å². The molecule has 0 fully saturated rings. The Morgan fingerprint density at radius 1 is 1.14 bits per heavy atom. The second-order valence-electron chi connectivity index (χ2n) is 4.78. The number of halogens is 1. The van der Waals surface area contributed by atoms with E-state index in [1.54, 1.807) is 18.2 Å². The van der Waals surface area contributed by atoms with E-state index in [0.29, 0.717) is 16.8 Å². The molecule has 0 aliphatic carbocycles. The lowest BCUT2D eigenvalue weighted by Crippen LogP contribution is -2.25. The van der Waals surface area contributed by atoms with Crippen molar-refractivity contribution in [2.45, 2.75) is 17.7 Å². The van der Waals surface area contributed by atoms with Gasteiger partial charge in [-0.3, -0.25) is 0 Å². The summed E-state index contributed by atoms with van der Waals surface area (Å²) in [7, 11) is -2.13. The lowest BCUT2D eigenvalue weighted by Gasteiger charge is -2.11. The summed E-state index contributed by atoms with van der Waals surface area (Å²) in [5, 5.41) is 0. The Bertz CT molecular complexity index is 717. The molecule has 2 rings (SSSR count). The van der Waals surface area contributed by atoms with Gasteiger partial charge in [0, 0.05) is 11.0 Å². The van der Waals surface area contributed by atoms with Crippen LogP contribution in [0.1, 0.15) is 12.0 Å². The van der Waals surface area contributed by atoms with Gasteiger partial charge < -0.3 is 4.74 Å². The number of hydrogen-bond acceptors (Lipinski definition) is 3. The first-order valence-electron chi connectivity index (χ1n) is 6.90. The smallest absolute Gasteiger partial charge is 0.244 e. The van der Waals surface area contributed by atoms with Crippen molar-refractivity contribution >= 4 is 26.0 Å². The molecular weight excluding hydrogens is 366 g/mol. The predicted octanol–water partition coefficient (Wildman–Crippen LogP) is 3.37. The quantitative estimate of drug-likeness (QED) is 0.745. The van der Waals surface area contributed by atoms with Crippen molar-refractivity contribution in [3.8, 4) is 5.75 Å². The van der Waals surface area contributed by atoms with Crippen LogP contribution in [0.5, 0.6) is 5.75 Å². The standard InChI is InChI=1S/C16H18BrNO3S/c1-21-15-10-9-14(17)12-16(15)22(19,20)18-11-5-8-13-6-3-2-4-7-13/h2-4,6-7,9-10,12,18H,5,8,11H2,1H3. The van der Waals surface area contributed by atoms with Gasteiger partial charge in [0.05, 0.1) is 7.11 Å². The Balaban J connectivity index is 1.98. The van der Waals surface area contributed by atoms with Gasteiger partial charge in [-0.2, -0.15) is 0 Å². The summed E-state index contributed by atoms with van der Waals surface area (Å²) in [4.78, 5) is 0.143. The normalized spacial score (nSPS) is 11.4. The van der Waals surface area contributed by atoms with Crippen LogP contribution in [0.25, 0.3) is 0 Å². The summed E-state index contributed by atoms with van der Waals surface area (Å²) in [5.74, 6) is 0.332. The molecule has 0 aliphatic rings. The predicted molar refractivity (Wildman–Crippen MR) is 90.6 cm³/mol. The lowest BCUT2D eigenvalue weighted by molar-refractivity contribution is 0.402. The molecule has 0 heterocycles. The third kappa shape index (κ3) is 4.56. The maximum Gasteiger partial charge on any atom is 0.244 e. The molecule has 1 N–H and O–H groups in total. The zero-order valence-corrected chi connectivity index (χ0v) is 14.7. The van der Waals surface area contributed by atoms with Gasteiger partial charge in [0.2, 0.25) is 10.0 Å². The number of nitrogens with one attached hydrogen (secondary N) is 1. The number of hydrogen-bond donors (Lipinski definition) is 1. The number of rotatable bonds is 7. The second kappa shape index (κ2) is 7.76. The molecule has 4 nitrogen and oxygen atoms in total. The van der Waals surface area contributed by atoms with E-state index in [2.05, 4.69) is 20.7 Å². The van der Waals surface area contributed by atoms with E-state index < -0.39 is 10.0 Å². The average molecular weight is 384 g/mol. The maximum absolute atomic E-state index is 12.4. The molecule has 22 heavy (non-hydrogen) atoms. The Morgan fingerprint density at radius 2 is 1.86 bits per heavy atom. The number of sulfonamides is 1. The van der Waals surface area contributed by atoms with Gasteiger partial charge in [0.1, 0.15) is 10.6 Å². The minimum absolute atomic E-state index is 0.143. The van der Waals surface area contributed by atoms with Gasteiger partial charge in [-0.05, 0) is 36.6 Å². The largest absolute Gasteiger partial charge is 0.495 e. The van der Waals surface area contributed by atoms with Crippen molar-refractivity contribution in [3.05, 3.63) is 58.6 Å². The summed E-state index contributed by atoms with van der Waals surface area (Å²) >= 11 is 3.28. The lowest BCUT2D eigenvalue weighted by atomic mass is 10.1. The fourth-order valence-electron chi connectivity index (χ4n) is 2.08. The fourth-order valence-corrected chi connectivity index (χ4v) is 3.86. The van der Waals surface area contributed by atoms with Crippen molar-refractivity contribution in [2.24, 2.45) is 0 Å². The molecule has 0 amide bonds. The van der Waals surface area contributed by atoms with Crippen molar-refractivity contribution in [2.75, 3.05) is 13.7 Å². The maximum atomic E-state index is 12.4. The van der Waals surface area contributed by atoms with Crippen LogP contribution in [-0.4, -0.2) is 22.1 Å². The molecule has 0 aliphatic heterocycles. The number of benzene rings is 2. The molecule has 0 radical (unpaired) electrons. The highest BCUT2D eigenvalue weighted by atomic mass is 79.9. The molecule has 0 unspecified atom stereocenters. The summed E-state index contributed by atoms with van der Waals surface area (Å²) < 4.78 is 33.2. The van der Waals surface area contributed by atoms with Gasteiger partial charge in [0.15, 0.2) is 0 Å². The minimum atomic E-state index is -3.58. The van der Waals surface area contributed by atoms with Crippen LogP contribution in [0, 0.1) is 0 Å². The number of ether oxygens (including phenoxy) is 1. The van der Waals surface area contributed by atoms with Crippen LogP contribution in [0.4, 0.5) is 0 Å². The zero-order chi connectivity index (χ0) is 16.0. The van der Waals surface area contributed by atoms with Gasteiger partial charge in [-0.25, -0.2) is 13.1 Å². The van der Waals surface area contributed by atoms with Crippen molar-refractivity contribution in [1.29, 1.82) is 0 Å². The molecule has 0 saturated carbocycles. The van der Waals surface area contributed by atoms with E-state index in [-0.39, 0.29) is 4.90 Å². The molecule has 2 aromatic carbocycles.